The van der Waals surface area contributed by atoms with Crippen molar-refractivity contribution in [1.82, 2.24) is 0 Å². The van der Waals surface area contributed by atoms with Crippen LogP contribution < -0.4 is 0 Å². The second kappa shape index (κ2) is 5.68. The van der Waals surface area contributed by atoms with E-state index >= 15 is 0 Å². The maximum absolute atomic E-state index is 9.64. The first-order valence-electron chi connectivity index (χ1n) is 5.67. The fourth-order valence-corrected chi connectivity index (χ4v) is 2.06. The van der Waals surface area contributed by atoms with E-state index in [-0.39, 0.29) is 12.1 Å². The second-order valence-corrected chi connectivity index (χ2v) is 4.23. The number of ether oxygens (including phenoxy) is 1. The molecule has 0 spiro atoms. The van der Waals surface area contributed by atoms with Crippen LogP contribution in [0.5, 0.6) is 0 Å². The third kappa shape index (κ3) is 3.20. The first-order chi connectivity index (χ1) is 8.29. The molecule has 2 rings (SSSR count). The minimum Gasteiger partial charge on any atom is -0.393 e. The number of hydrogen-bond donors (Lipinski definition) is 1. The van der Waals surface area contributed by atoms with E-state index in [0.717, 1.165) is 5.56 Å². The molecule has 90 valence electrons. The average Bonchev–Trinajstić information content (AvgIpc) is 2.70. The van der Waals surface area contributed by atoms with Crippen LogP contribution in [0.15, 0.2) is 35.4 Å². The van der Waals surface area contributed by atoms with Crippen LogP contribution in [0.2, 0.25) is 0 Å². The largest absolute Gasteiger partial charge is 0.393 e. The summed E-state index contributed by atoms with van der Waals surface area (Å²) in [4.78, 5) is 2.73. The molecule has 0 heterocycles. The summed E-state index contributed by atoms with van der Waals surface area (Å²) in [5.74, 6) is 0. The van der Waals surface area contributed by atoms with Crippen molar-refractivity contribution in [3.8, 4) is 0 Å². The molecule has 0 bridgehead atoms. The second-order valence-electron chi connectivity index (χ2n) is 4.23. The molecule has 2 unspecified atom stereocenters. The van der Waals surface area contributed by atoms with Gasteiger partial charge in [0.05, 0.1) is 24.9 Å². The van der Waals surface area contributed by atoms with Gasteiger partial charge in [0.25, 0.3) is 0 Å². The Hall–Kier alpha value is -1.55. The van der Waals surface area contributed by atoms with Gasteiger partial charge in [-0.3, -0.25) is 0 Å². The molecule has 3 atom stereocenters. The highest BCUT2D eigenvalue weighted by atomic mass is 16.5. The van der Waals surface area contributed by atoms with Crippen LogP contribution in [-0.4, -0.2) is 23.4 Å². The van der Waals surface area contributed by atoms with Crippen molar-refractivity contribution in [3.05, 3.63) is 46.3 Å². The monoisotopic (exact) mass is 233 g/mol. The number of aliphatic hydroxyl groups excluding tert-OH is 1. The maximum Gasteiger partial charge on any atom is 0.0720 e. The lowest BCUT2D eigenvalue weighted by Gasteiger charge is -2.10. The van der Waals surface area contributed by atoms with E-state index in [2.05, 4.69) is 10.0 Å². The molecule has 0 saturated heterocycles. The Balaban J connectivity index is 1.84. The lowest BCUT2D eigenvalue weighted by Crippen LogP contribution is -2.15. The van der Waals surface area contributed by atoms with Gasteiger partial charge >= 0.3 is 0 Å². The van der Waals surface area contributed by atoms with E-state index in [0.29, 0.717) is 19.4 Å². The van der Waals surface area contributed by atoms with Crippen molar-refractivity contribution in [2.75, 3.05) is 0 Å². The molecule has 0 amide bonds. The van der Waals surface area contributed by atoms with Gasteiger partial charge in [-0.05, 0) is 23.9 Å². The summed E-state index contributed by atoms with van der Waals surface area (Å²) in [6, 6.07) is 9.53. The highest BCUT2D eigenvalue weighted by Crippen LogP contribution is 2.26. The molecule has 1 aliphatic carbocycles. The van der Waals surface area contributed by atoms with Crippen LogP contribution in [0.4, 0.5) is 0 Å². The number of aliphatic hydroxyl groups is 1. The number of benzene rings is 1. The number of hydrogen-bond acceptors (Lipinski definition) is 3. The normalized spacial score (nSPS) is 27.7. The van der Waals surface area contributed by atoms with E-state index in [1.807, 2.05) is 30.3 Å². The fraction of sp³-hybridized carbons (Fsp3) is 0.500. The Morgan fingerprint density at radius 1 is 1.35 bits per heavy atom. The highest BCUT2D eigenvalue weighted by Gasteiger charge is 2.32. The molecule has 1 aromatic carbocycles. The summed E-state index contributed by atoms with van der Waals surface area (Å²) in [6.45, 7) is 0.529. The zero-order valence-corrected chi connectivity index (χ0v) is 9.44. The van der Waals surface area contributed by atoms with Crippen LogP contribution in [0.3, 0.4) is 0 Å². The quantitative estimate of drug-likeness (QED) is 0.492. The molecule has 1 N–H and O–H groups in total. The Labute approximate surface area is 99.7 Å². The summed E-state index contributed by atoms with van der Waals surface area (Å²) in [5, 5.41) is 13.2. The van der Waals surface area contributed by atoms with Gasteiger partial charge in [0, 0.05) is 4.91 Å². The molecular formula is C12H15N3O2. The van der Waals surface area contributed by atoms with E-state index < -0.39 is 6.10 Å². The molecule has 0 radical (unpaired) electrons. The minimum atomic E-state index is -0.577. The number of nitrogens with zero attached hydrogens (tertiary/aromatic N) is 3. The van der Waals surface area contributed by atoms with Gasteiger partial charge in [0.2, 0.25) is 0 Å². The first-order valence-corrected chi connectivity index (χ1v) is 5.67. The fourth-order valence-electron chi connectivity index (χ4n) is 2.06. The van der Waals surface area contributed by atoms with E-state index in [9.17, 15) is 5.11 Å². The molecule has 1 saturated carbocycles. The average molecular weight is 233 g/mol. The Kier molecular flexibility index (Phi) is 3.98. The predicted molar refractivity (Wildman–Crippen MR) is 63.2 cm³/mol. The van der Waals surface area contributed by atoms with Gasteiger partial charge in [-0.25, -0.2) is 0 Å². The number of azide groups is 1. The van der Waals surface area contributed by atoms with Crippen LogP contribution >= 0.6 is 0 Å². The topological polar surface area (TPSA) is 78.2 Å². The SMILES string of the molecule is [N-]=[N+]=NC1CC(OCc2ccccc2)C[C@@H]1O. The Morgan fingerprint density at radius 3 is 2.82 bits per heavy atom. The summed E-state index contributed by atoms with van der Waals surface area (Å²) in [6.07, 6.45) is 0.529. The standard InChI is InChI=1S/C12H15N3O2/c13-15-14-11-6-10(7-12(11)16)17-8-9-4-2-1-3-5-9/h1-5,10-12,16H,6-8H2/t10?,11?,12-/m0/s1. The smallest absolute Gasteiger partial charge is 0.0720 e. The molecular weight excluding hydrogens is 218 g/mol. The maximum atomic E-state index is 9.64. The van der Waals surface area contributed by atoms with Crippen molar-refractivity contribution in [1.29, 1.82) is 0 Å². The Morgan fingerprint density at radius 2 is 2.12 bits per heavy atom. The van der Waals surface area contributed by atoms with Crippen LogP contribution in [-0.2, 0) is 11.3 Å². The first kappa shape index (κ1) is 11.9. The van der Waals surface area contributed by atoms with Crippen molar-refractivity contribution >= 4 is 0 Å². The van der Waals surface area contributed by atoms with Gasteiger partial charge in [0.1, 0.15) is 0 Å². The lowest BCUT2D eigenvalue weighted by atomic mass is 10.2. The number of rotatable bonds is 4. The molecule has 1 aromatic rings. The van der Waals surface area contributed by atoms with Gasteiger partial charge in [0.15, 0.2) is 0 Å². The van der Waals surface area contributed by atoms with Gasteiger partial charge in [-0.1, -0.05) is 35.4 Å². The predicted octanol–water partition coefficient (Wildman–Crippen LogP) is 2.41. The summed E-state index contributed by atoms with van der Waals surface area (Å²) < 4.78 is 5.69. The summed E-state index contributed by atoms with van der Waals surface area (Å²) >= 11 is 0. The summed E-state index contributed by atoms with van der Waals surface area (Å²) in [7, 11) is 0. The Bertz CT molecular complexity index is 403. The minimum absolute atomic E-state index is 0.0271. The zero-order valence-electron chi connectivity index (χ0n) is 9.44. The third-order valence-electron chi connectivity index (χ3n) is 2.98. The zero-order chi connectivity index (χ0) is 12.1. The van der Waals surface area contributed by atoms with Crippen LogP contribution in [0, 0.1) is 0 Å². The van der Waals surface area contributed by atoms with E-state index in [1.165, 1.54) is 0 Å². The molecule has 1 aliphatic rings. The van der Waals surface area contributed by atoms with Crippen LogP contribution in [0.1, 0.15) is 18.4 Å². The van der Waals surface area contributed by atoms with Crippen molar-refractivity contribution < 1.29 is 9.84 Å². The molecule has 0 aliphatic heterocycles. The third-order valence-corrected chi connectivity index (χ3v) is 2.98. The lowest BCUT2D eigenvalue weighted by molar-refractivity contribution is 0.0357. The van der Waals surface area contributed by atoms with E-state index in [4.69, 9.17) is 10.3 Å². The van der Waals surface area contributed by atoms with Crippen molar-refractivity contribution in [3.63, 3.8) is 0 Å². The molecule has 1 fully saturated rings. The summed E-state index contributed by atoms with van der Waals surface area (Å²) in [5.41, 5.74) is 9.45. The van der Waals surface area contributed by atoms with Crippen molar-refractivity contribution in [2.45, 2.75) is 37.7 Å². The van der Waals surface area contributed by atoms with Gasteiger partial charge in [-0.15, -0.1) is 0 Å². The highest BCUT2D eigenvalue weighted by molar-refractivity contribution is 5.13. The van der Waals surface area contributed by atoms with Gasteiger partial charge in [-0.2, -0.15) is 0 Å². The molecule has 5 heteroatoms. The van der Waals surface area contributed by atoms with Crippen molar-refractivity contribution in [2.24, 2.45) is 5.11 Å². The van der Waals surface area contributed by atoms with Crippen LogP contribution in [0.25, 0.3) is 10.4 Å². The van der Waals surface area contributed by atoms with Gasteiger partial charge < -0.3 is 9.84 Å². The molecule has 5 nitrogen and oxygen atoms in total. The molecule has 0 aromatic heterocycles. The van der Waals surface area contributed by atoms with E-state index in [1.54, 1.807) is 0 Å². The molecule has 17 heavy (non-hydrogen) atoms.